The Balaban J connectivity index is 1.75. The van der Waals surface area contributed by atoms with Crippen LogP contribution >= 0.6 is 0 Å². The third-order valence-corrected chi connectivity index (χ3v) is 6.57. The van der Waals surface area contributed by atoms with Gasteiger partial charge in [-0.05, 0) is 36.6 Å². The predicted octanol–water partition coefficient (Wildman–Crippen LogP) is 3.00. The number of nitrogens with zero attached hydrogens (tertiary/aromatic N) is 5. The summed E-state index contributed by atoms with van der Waals surface area (Å²) in [5, 5.41) is 2.11. The van der Waals surface area contributed by atoms with Crippen LogP contribution in [0.3, 0.4) is 0 Å². The molecule has 0 fully saturated rings. The molecule has 3 aromatic heterocycles. The summed E-state index contributed by atoms with van der Waals surface area (Å²) in [5.74, 6) is 0.672. The van der Waals surface area contributed by atoms with Crippen molar-refractivity contribution < 1.29 is 4.74 Å². The van der Waals surface area contributed by atoms with Crippen molar-refractivity contribution in [1.82, 2.24) is 23.1 Å². The van der Waals surface area contributed by atoms with E-state index < -0.39 is 0 Å². The molecule has 0 atom stereocenters. The maximum Gasteiger partial charge on any atom is 0.332 e. The van der Waals surface area contributed by atoms with E-state index in [0.717, 1.165) is 40.7 Å². The molecule has 5 rings (SSSR count). The summed E-state index contributed by atoms with van der Waals surface area (Å²) < 4.78 is 12.0. The molecule has 2 aromatic carbocycles. The fourth-order valence-electron chi connectivity index (χ4n) is 4.69. The van der Waals surface area contributed by atoms with Gasteiger partial charge in [0.1, 0.15) is 0 Å². The number of imidazole rings is 2. The van der Waals surface area contributed by atoms with Crippen molar-refractivity contribution in [3.05, 3.63) is 80.3 Å². The van der Waals surface area contributed by atoms with E-state index in [-0.39, 0.29) is 17.8 Å². The summed E-state index contributed by atoms with van der Waals surface area (Å²) in [5.41, 5.74) is 3.04. The van der Waals surface area contributed by atoms with Gasteiger partial charge >= 0.3 is 5.69 Å². The third-order valence-electron chi connectivity index (χ3n) is 6.57. The zero-order chi connectivity index (χ0) is 23.3. The van der Waals surface area contributed by atoms with Gasteiger partial charge in [0.2, 0.25) is 5.78 Å². The first-order valence-corrected chi connectivity index (χ1v) is 11.1. The van der Waals surface area contributed by atoms with Gasteiger partial charge in [-0.15, -0.1) is 0 Å². The lowest BCUT2D eigenvalue weighted by atomic mass is 10.0. The Morgan fingerprint density at radius 1 is 0.970 bits per heavy atom. The minimum absolute atomic E-state index is 0.197. The monoisotopic (exact) mass is 445 g/mol. The summed E-state index contributed by atoms with van der Waals surface area (Å²) in [4.78, 5) is 31.7. The molecule has 0 bridgehead atoms. The molecule has 0 saturated heterocycles. The summed E-state index contributed by atoms with van der Waals surface area (Å²) in [6, 6.07) is 13.9. The number of rotatable bonds is 6. The molecule has 0 radical (unpaired) electrons. The van der Waals surface area contributed by atoms with Gasteiger partial charge in [-0.3, -0.25) is 18.3 Å². The van der Waals surface area contributed by atoms with E-state index in [1.165, 1.54) is 9.13 Å². The highest BCUT2D eigenvalue weighted by molar-refractivity contribution is 5.85. The van der Waals surface area contributed by atoms with Gasteiger partial charge in [-0.25, -0.2) is 4.79 Å². The van der Waals surface area contributed by atoms with Gasteiger partial charge in [-0.1, -0.05) is 42.5 Å². The molecular formula is C25H27N5O3. The molecule has 0 aliphatic heterocycles. The molecule has 8 nitrogen and oxygen atoms in total. The quantitative estimate of drug-likeness (QED) is 0.377. The van der Waals surface area contributed by atoms with Crippen LogP contribution in [0.15, 0.2) is 52.1 Å². The Bertz CT molecular complexity index is 1630. The van der Waals surface area contributed by atoms with Crippen LogP contribution < -0.4 is 11.2 Å². The van der Waals surface area contributed by atoms with Crippen LogP contribution in [0.25, 0.3) is 27.7 Å². The second-order valence-electron chi connectivity index (χ2n) is 8.46. The third kappa shape index (κ3) is 3.21. The van der Waals surface area contributed by atoms with E-state index in [1.807, 2.05) is 60.7 Å². The second kappa shape index (κ2) is 8.04. The fraction of sp³-hybridized carbons (Fsp3) is 0.320. The smallest absolute Gasteiger partial charge is 0.332 e. The van der Waals surface area contributed by atoms with Crippen molar-refractivity contribution in [1.29, 1.82) is 0 Å². The molecule has 3 heterocycles. The Morgan fingerprint density at radius 2 is 1.73 bits per heavy atom. The maximum absolute atomic E-state index is 13.7. The molecule has 0 N–H and O–H groups in total. The Hall–Kier alpha value is -3.65. The highest BCUT2D eigenvalue weighted by Gasteiger charge is 2.22. The largest absolute Gasteiger partial charge is 0.385 e. The molecule has 170 valence electrons. The number of benzene rings is 2. The number of aryl methyl sites for hydroxylation is 3. The molecular weight excluding hydrogens is 418 g/mol. The first-order valence-electron chi connectivity index (χ1n) is 11.1. The molecule has 0 aliphatic rings. The normalized spacial score (nSPS) is 11.9. The van der Waals surface area contributed by atoms with E-state index >= 15 is 0 Å². The van der Waals surface area contributed by atoms with Crippen molar-refractivity contribution in [3.63, 3.8) is 0 Å². The van der Waals surface area contributed by atoms with Crippen LogP contribution in [0.4, 0.5) is 0 Å². The average Bonchev–Trinajstić information content (AvgIpc) is 3.32. The van der Waals surface area contributed by atoms with Gasteiger partial charge < -0.3 is 9.30 Å². The zero-order valence-corrected chi connectivity index (χ0v) is 19.3. The second-order valence-corrected chi connectivity index (χ2v) is 8.46. The fourth-order valence-corrected chi connectivity index (χ4v) is 4.69. The van der Waals surface area contributed by atoms with Crippen molar-refractivity contribution in [2.45, 2.75) is 33.4 Å². The molecule has 0 unspecified atom stereocenters. The van der Waals surface area contributed by atoms with Crippen molar-refractivity contribution in [2.75, 3.05) is 13.7 Å². The first-order chi connectivity index (χ1) is 15.9. The van der Waals surface area contributed by atoms with Crippen LogP contribution in [0, 0.1) is 13.8 Å². The van der Waals surface area contributed by atoms with Crippen LogP contribution in [-0.4, -0.2) is 36.8 Å². The molecule has 0 saturated carbocycles. The number of fused-ring (bicyclic) bond motifs is 4. The van der Waals surface area contributed by atoms with Gasteiger partial charge in [-0.2, -0.15) is 4.98 Å². The number of ether oxygens (including phenoxy) is 1. The topological polar surface area (TPSA) is 75.5 Å². The number of hydrogen-bond acceptors (Lipinski definition) is 4. The highest BCUT2D eigenvalue weighted by atomic mass is 16.5. The number of hydrogen-bond donors (Lipinski definition) is 0. The lowest BCUT2D eigenvalue weighted by Gasteiger charge is -2.11. The van der Waals surface area contributed by atoms with Crippen LogP contribution in [0.1, 0.15) is 23.4 Å². The van der Waals surface area contributed by atoms with E-state index in [1.54, 1.807) is 14.2 Å². The molecule has 33 heavy (non-hydrogen) atoms. The standard InChI is InChI=1S/C25H27N5O3/c1-16-17(2)30-21-22(26-24(30)28(16)13-8-14-33-4)27(3)25(32)29(23(21)31)15-19-11-7-10-18-9-5-6-12-20(18)19/h5-7,9-12H,8,13-15H2,1-4H3. The highest BCUT2D eigenvalue weighted by Crippen LogP contribution is 2.22. The lowest BCUT2D eigenvalue weighted by molar-refractivity contribution is 0.190. The summed E-state index contributed by atoms with van der Waals surface area (Å²) >= 11 is 0. The summed E-state index contributed by atoms with van der Waals surface area (Å²) in [6.07, 6.45) is 0.828. The lowest BCUT2D eigenvalue weighted by Crippen LogP contribution is -2.39. The van der Waals surface area contributed by atoms with Crippen molar-refractivity contribution in [3.8, 4) is 0 Å². The van der Waals surface area contributed by atoms with E-state index in [9.17, 15) is 9.59 Å². The van der Waals surface area contributed by atoms with Gasteiger partial charge in [0.25, 0.3) is 5.56 Å². The predicted molar refractivity (Wildman–Crippen MR) is 129 cm³/mol. The zero-order valence-electron chi connectivity index (χ0n) is 19.3. The molecule has 5 aromatic rings. The number of aromatic nitrogens is 5. The average molecular weight is 446 g/mol. The van der Waals surface area contributed by atoms with Crippen LogP contribution in [-0.2, 0) is 24.9 Å². The van der Waals surface area contributed by atoms with Gasteiger partial charge in [0, 0.05) is 38.7 Å². The van der Waals surface area contributed by atoms with Gasteiger partial charge in [0.05, 0.1) is 6.54 Å². The van der Waals surface area contributed by atoms with Crippen LogP contribution in [0.2, 0.25) is 0 Å². The Kier molecular flexibility index (Phi) is 5.17. The first kappa shape index (κ1) is 21.2. The minimum Gasteiger partial charge on any atom is -0.385 e. The Labute approximate surface area is 190 Å². The molecule has 0 spiro atoms. The van der Waals surface area contributed by atoms with Crippen molar-refractivity contribution in [2.24, 2.45) is 7.05 Å². The molecule has 0 aliphatic carbocycles. The molecule has 8 heteroatoms. The SMILES string of the molecule is COCCCn1c(C)c(C)n2c3c(=O)n(Cc4cccc5ccccc45)c(=O)n(C)c3nc12. The summed E-state index contributed by atoms with van der Waals surface area (Å²) in [6.45, 7) is 5.57. The van der Waals surface area contributed by atoms with E-state index in [4.69, 9.17) is 9.72 Å². The van der Waals surface area contributed by atoms with E-state index in [2.05, 4.69) is 4.57 Å². The Morgan fingerprint density at radius 3 is 2.52 bits per heavy atom. The number of methoxy groups -OCH3 is 1. The minimum atomic E-state index is -0.374. The molecule has 0 amide bonds. The van der Waals surface area contributed by atoms with Gasteiger partial charge in [0.15, 0.2) is 11.2 Å². The van der Waals surface area contributed by atoms with Crippen LogP contribution in [0.5, 0.6) is 0 Å². The van der Waals surface area contributed by atoms with Crippen molar-refractivity contribution >= 4 is 27.7 Å². The maximum atomic E-state index is 13.7. The summed E-state index contributed by atoms with van der Waals surface area (Å²) in [7, 11) is 3.36. The van der Waals surface area contributed by atoms with E-state index in [0.29, 0.717) is 23.5 Å².